The molecule has 1 atom stereocenters. The summed E-state index contributed by atoms with van der Waals surface area (Å²) in [6.45, 7) is 5.58. The number of aryl methyl sites for hydroxylation is 1. The third-order valence-corrected chi connectivity index (χ3v) is 5.56. The third-order valence-electron chi connectivity index (χ3n) is 4.21. The Balaban J connectivity index is 1.45. The summed E-state index contributed by atoms with van der Waals surface area (Å²) in [4.78, 5) is 17.3. The minimum atomic E-state index is -0.967. The van der Waals surface area contributed by atoms with Gasteiger partial charge >= 0.3 is 0 Å². The van der Waals surface area contributed by atoms with Crippen LogP contribution in [-0.4, -0.2) is 58.4 Å². The zero-order valence-corrected chi connectivity index (χ0v) is 14.6. The number of piperazine rings is 1. The van der Waals surface area contributed by atoms with E-state index in [4.69, 9.17) is 4.42 Å². The summed E-state index contributed by atoms with van der Waals surface area (Å²) in [5, 5.41) is 0. The first kappa shape index (κ1) is 16.9. The second-order valence-electron chi connectivity index (χ2n) is 5.91. The van der Waals surface area contributed by atoms with Gasteiger partial charge in [-0.1, -0.05) is 18.2 Å². The first-order valence-corrected chi connectivity index (χ1v) is 9.47. The standard InChI is InChI=1S/C18H22N2O3S/c1-15-7-8-17(23-15)18(21)20-11-9-19(10-12-20)13-14-24(22)16-5-3-2-4-6-16/h2-8H,9-14H2,1H3. The smallest absolute Gasteiger partial charge is 0.289 e. The molecule has 3 rings (SSSR count). The number of furan rings is 1. The average molecular weight is 346 g/mol. The Morgan fingerprint density at radius 3 is 2.42 bits per heavy atom. The van der Waals surface area contributed by atoms with Crippen LogP contribution < -0.4 is 0 Å². The average Bonchev–Trinajstić information content (AvgIpc) is 3.06. The number of amides is 1. The van der Waals surface area contributed by atoms with E-state index in [2.05, 4.69) is 4.90 Å². The normalized spacial score (nSPS) is 17.0. The maximum absolute atomic E-state index is 12.3. The minimum Gasteiger partial charge on any atom is -0.456 e. The molecule has 1 aromatic carbocycles. The zero-order valence-electron chi connectivity index (χ0n) is 13.8. The van der Waals surface area contributed by atoms with Crippen LogP contribution in [0.1, 0.15) is 16.3 Å². The predicted molar refractivity (Wildman–Crippen MR) is 93.5 cm³/mol. The highest BCUT2D eigenvalue weighted by molar-refractivity contribution is 7.85. The third kappa shape index (κ3) is 4.13. The lowest BCUT2D eigenvalue weighted by atomic mass is 10.3. The van der Waals surface area contributed by atoms with Crippen LogP contribution in [0.25, 0.3) is 0 Å². The molecule has 0 N–H and O–H groups in total. The van der Waals surface area contributed by atoms with Crippen molar-refractivity contribution in [1.29, 1.82) is 0 Å². The molecule has 1 amide bonds. The molecular formula is C18H22N2O3S. The Hall–Kier alpha value is -1.92. The minimum absolute atomic E-state index is 0.0457. The molecule has 5 nitrogen and oxygen atoms in total. The Morgan fingerprint density at radius 1 is 1.08 bits per heavy atom. The molecule has 2 aromatic rings. The lowest BCUT2D eigenvalue weighted by Gasteiger charge is -2.34. The number of carbonyl (C=O) groups excluding carboxylic acids is 1. The Labute approximate surface area is 144 Å². The predicted octanol–water partition coefficient (Wildman–Crippen LogP) is 2.15. The van der Waals surface area contributed by atoms with E-state index < -0.39 is 10.8 Å². The number of rotatable bonds is 5. The fraction of sp³-hybridized carbons (Fsp3) is 0.389. The van der Waals surface area contributed by atoms with Crippen molar-refractivity contribution in [2.45, 2.75) is 11.8 Å². The Kier molecular flexibility index (Phi) is 5.48. The van der Waals surface area contributed by atoms with Gasteiger partial charge in [-0.25, -0.2) is 0 Å². The summed E-state index contributed by atoms with van der Waals surface area (Å²) >= 11 is 0. The van der Waals surface area contributed by atoms with Crippen molar-refractivity contribution < 1.29 is 13.4 Å². The molecular weight excluding hydrogens is 324 g/mol. The quantitative estimate of drug-likeness (QED) is 0.832. The highest BCUT2D eigenvalue weighted by Gasteiger charge is 2.24. The van der Waals surface area contributed by atoms with Crippen molar-refractivity contribution in [1.82, 2.24) is 9.80 Å². The first-order valence-electron chi connectivity index (χ1n) is 8.15. The van der Waals surface area contributed by atoms with Gasteiger partial charge in [-0.3, -0.25) is 13.9 Å². The summed E-state index contributed by atoms with van der Waals surface area (Å²) in [6.07, 6.45) is 0. The highest BCUT2D eigenvalue weighted by Crippen LogP contribution is 2.12. The number of hydrogen-bond donors (Lipinski definition) is 0. The summed E-state index contributed by atoms with van der Waals surface area (Å²) < 4.78 is 17.7. The van der Waals surface area contributed by atoms with Crippen molar-refractivity contribution in [2.75, 3.05) is 38.5 Å². The van der Waals surface area contributed by atoms with Crippen molar-refractivity contribution in [3.05, 3.63) is 54.0 Å². The molecule has 1 fully saturated rings. The zero-order chi connectivity index (χ0) is 16.9. The van der Waals surface area contributed by atoms with E-state index >= 15 is 0 Å². The molecule has 1 saturated heterocycles. The van der Waals surface area contributed by atoms with Gasteiger partial charge in [0.25, 0.3) is 5.91 Å². The van der Waals surface area contributed by atoms with E-state index in [-0.39, 0.29) is 5.91 Å². The van der Waals surface area contributed by atoms with E-state index in [1.165, 1.54) is 0 Å². The largest absolute Gasteiger partial charge is 0.456 e. The summed E-state index contributed by atoms with van der Waals surface area (Å²) in [5.74, 6) is 1.73. The molecule has 1 unspecified atom stereocenters. The number of benzene rings is 1. The van der Waals surface area contributed by atoms with E-state index in [1.807, 2.05) is 48.2 Å². The van der Waals surface area contributed by atoms with E-state index in [0.717, 1.165) is 30.3 Å². The van der Waals surface area contributed by atoms with Gasteiger partial charge in [0, 0.05) is 43.4 Å². The van der Waals surface area contributed by atoms with E-state index in [0.29, 0.717) is 24.6 Å². The van der Waals surface area contributed by atoms with Crippen molar-refractivity contribution >= 4 is 16.7 Å². The molecule has 1 aliphatic heterocycles. The molecule has 2 heterocycles. The van der Waals surface area contributed by atoms with Crippen LogP contribution in [0.5, 0.6) is 0 Å². The lowest BCUT2D eigenvalue weighted by Crippen LogP contribution is -2.49. The van der Waals surface area contributed by atoms with Gasteiger partial charge < -0.3 is 9.32 Å². The fourth-order valence-corrected chi connectivity index (χ4v) is 3.90. The molecule has 0 spiro atoms. The fourth-order valence-electron chi connectivity index (χ4n) is 2.78. The number of carbonyl (C=O) groups is 1. The van der Waals surface area contributed by atoms with Crippen molar-refractivity contribution in [2.24, 2.45) is 0 Å². The summed E-state index contributed by atoms with van der Waals surface area (Å²) in [5.41, 5.74) is 0. The Morgan fingerprint density at radius 2 is 1.79 bits per heavy atom. The van der Waals surface area contributed by atoms with Crippen LogP contribution in [-0.2, 0) is 10.8 Å². The highest BCUT2D eigenvalue weighted by atomic mass is 32.2. The van der Waals surface area contributed by atoms with Crippen LogP contribution in [0.4, 0.5) is 0 Å². The van der Waals surface area contributed by atoms with Gasteiger partial charge in [-0.15, -0.1) is 0 Å². The topological polar surface area (TPSA) is 53.8 Å². The molecule has 0 saturated carbocycles. The van der Waals surface area contributed by atoms with Gasteiger partial charge in [-0.2, -0.15) is 0 Å². The van der Waals surface area contributed by atoms with Gasteiger partial charge in [0.15, 0.2) is 5.76 Å². The maximum Gasteiger partial charge on any atom is 0.289 e. The van der Waals surface area contributed by atoms with Gasteiger partial charge in [0.2, 0.25) is 0 Å². The van der Waals surface area contributed by atoms with Gasteiger partial charge in [0.05, 0.1) is 10.8 Å². The molecule has 24 heavy (non-hydrogen) atoms. The summed E-state index contributed by atoms with van der Waals surface area (Å²) in [7, 11) is -0.967. The summed E-state index contributed by atoms with van der Waals surface area (Å²) in [6, 6.07) is 13.1. The second kappa shape index (κ2) is 7.77. The first-order chi connectivity index (χ1) is 11.6. The van der Waals surface area contributed by atoms with Crippen LogP contribution in [0, 0.1) is 6.92 Å². The van der Waals surface area contributed by atoms with Gasteiger partial charge in [0.1, 0.15) is 5.76 Å². The van der Waals surface area contributed by atoms with Crippen molar-refractivity contribution in [3.63, 3.8) is 0 Å². The second-order valence-corrected chi connectivity index (χ2v) is 7.48. The molecule has 0 radical (unpaired) electrons. The molecule has 1 aromatic heterocycles. The maximum atomic E-state index is 12.3. The van der Waals surface area contributed by atoms with E-state index in [1.54, 1.807) is 6.07 Å². The molecule has 128 valence electrons. The van der Waals surface area contributed by atoms with Gasteiger partial charge in [-0.05, 0) is 31.2 Å². The van der Waals surface area contributed by atoms with Crippen molar-refractivity contribution in [3.8, 4) is 0 Å². The Bertz CT molecular complexity index is 706. The van der Waals surface area contributed by atoms with Crippen LogP contribution in [0.2, 0.25) is 0 Å². The molecule has 0 aliphatic carbocycles. The van der Waals surface area contributed by atoms with Crippen LogP contribution >= 0.6 is 0 Å². The number of nitrogens with zero attached hydrogens (tertiary/aromatic N) is 2. The number of hydrogen-bond acceptors (Lipinski definition) is 4. The van der Waals surface area contributed by atoms with Crippen LogP contribution in [0.3, 0.4) is 0 Å². The van der Waals surface area contributed by atoms with Crippen LogP contribution in [0.15, 0.2) is 51.8 Å². The molecule has 1 aliphatic rings. The SMILES string of the molecule is Cc1ccc(C(=O)N2CCN(CCS(=O)c3ccccc3)CC2)o1. The molecule has 6 heteroatoms. The lowest BCUT2D eigenvalue weighted by molar-refractivity contribution is 0.0612. The molecule has 0 bridgehead atoms. The van der Waals surface area contributed by atoms with E-state index in [9.17, 15) is 9.00 Å². The monoisotopic (exact) mass is 346 g/mol.